The lowest BCUT2D eigenvalue weighted by atomic mass is 10.2. The van der Waals surface area contributed by atoms with E-state index in [2.05, 4.69) is 5.32 Å². The Labute approximate surface area is 178 Å². The number of nitrogens with one attached hydrogen (secondary N) is 1. The molecule has 0 aliphatic heterocycles. The Kier molecular flexibility index (Phi) is 6.18. The first-order chi connectivity index (χ1) is 14.1. The number of ether oxygens (including phenoxy) is 1. The Bertz CT molecular complexity index is 1100. The Morgan fingerprint density at radius 1 is 1.30 bits per heavy atom. The molecule has 3 rings (SSSR count). The summed E-state index contributed by atoms with van der Waals surface area (Å²) >= 11 is 6.07. The molecule has 0 aromatic heterocycles. The molecular weight excluding hydrogens is 434 g/mol. The second-order valence-electron chi connectivity index (χ2n) is 6.88. The van der Waals surface area contributed by atoms with E-state index < -0.39 is 27.4 Å². The van der Waals surface area contributed by atoms with E-state index >= 15 is 0 Å². The lowest BCUT2D eigenvalue weighted by molar-refractivity contribution is -0.385. The quantitative estimate of drug-likeness (QED) is 0.484. The summed E-state index contributed by atoms with van der Waals surface area (Å²) in [7, 11) is -3.00. The molecule has 1 N–H and O–H groups in total. The number of rotatable bonds is 8. The number of methoxy groups -OCH3 is 1. The van der Waals surface area contributed by atoms with Gasteiger partial charge in [0.1, 0.15) is 12.3 Å². The number of halogens is 1. The van der Waals surface area contributed by atoms with E-state index in [-0.39, 0.29) is 33.1 Å². The van der Waals surface area contributed by atoms with Gasteiger partial charge in [-0.15, -0.1) is 0 Å². The number of amides is 1. The summed E-state index contributed by atoms with van der Waals surface area (Å²) in [5.41, 5.74) is 0.0352. The van der Waals surface area contributed by atoms with Gasteiger partial charge in [0.05, 0.1) is 22.6 Å². The first-order valence-corrected chi connectivity index (χ1v) is 10.9. The summed E-state index contributed by atoms with van der Waals surface area (Å²) in [6, 6.07) is 8.00. The second-order valence-corrected chi connectivity index (χ2v) is 9.17. The third-order valence-electron chi connectivity index (χ3n) is 4.60. The van der Waals surface area contributed by atoms with Gasteiger partial charge in [0.15, 0.2) is 0 Å². The molecule has 1 saturated carbocycles. The number of aryl methyl sites for hydroxylation is 1. The van der Waals surface area contributed by atoms with Crippen LogP contribution < -0.4 is 14.4 Å². The lowest BCUT2D eigenvalue weighted by Gasteiger charge is -2.26. The highest BCUT2D eigenvalue weighted by molar-refractivity contribution is 7.92. The Hall–Kier alpha value is -2.85. The van der Waals surface area contributed by atoms with Crippen LogP contribution in [-0.4, -0.2) is 38.9 Å². The van der Waals surface area contributed by atoms with Gasteiger partial charge < -0.3 is 10.1 Å². The average Bonchev–Trinajstić information content (AvgIpc) is 3.49. The van der Waals surface area contributed by atoms with Crippen LogP contribution in [-0.2, 0) is 14.8 Å². The zero-order valence-electron chi connectivity index (χ0n) is 16.3. The van der Waals surface area contributed by atoms with Crippen molar-refractivity contribution in [1.82, 2.24) is 5.32 Å². The van der Waals surface area contributed by atoms with E-state index in [4.69, 9.17) is 16.3 Å². The van der Waals surface area contributed by atoms with Crippen molar-refractivity contribution in [3.63, 3.8) is 0 Å². The third kappa shape index (κ3) is 4.65. The summed E-state index contributed by atoms with van der Waals surface area (Å²) in [4.78, 5) is 22.8. The van der Waals surface area contributed by atoms with Gasteiger partial charge in [-0.1, -0.05) is 17.7 Å². The molecule has 2 aromatic rings. The Morgan fingerprint density at radius 2 is 2.00 bits per heavy atom. The predicted molar refractivity (Wildman–Crippen MR) is 112 cm³/mol. The topological polar surface area (TPSA) is 119 Å². The van der Waals surface area contributed by atoms with Gasteiger partial charge in [-0.05, 0) is 44.0 Å². The zero-order chi connectivity index (χ0) is 22.1. The van der Waals surface area contributed by atoms with Crippen LogP contribution in [0.5, 0.6) is 5.75 Å². The number of nitrogens with zero attached hydrogens (tertiary/aromatic N) is 2. The predicted octanol–water partition coefficient (Wildman–Crippen LogP) is 3.04. The van der Waals surface area contributed by atoms with Crippen molar-refractivity contribution in [2.24, 2.45) is 0 Å². The lowest BCUT2D eigenvalue weighted by Crippen LogP contribution is -2.41. The average molecular weight is 454 g/mol. The van der Waals surface area contributed by atoms with E-state index in [1.807, 2.05) is 0 Å². The molecule has 0 spiro atoms. The number of nitro benzene ring substituents is 1. The maximum atomic E-state index is 13.5. The molecule has 1 aliphatic carbocycles. The molecule has 1 aliphatic rings. The number of hydrogen-bond donors (Lipinski definition) is 1. The molecule has 0 unspecified atom stereocenters. The van der Waals surface area contributed by atoms with Gasteiger partial charge in [0, 0.05) is 22.7 Å². The van der Waals surface area contributed by atoms with Crippen molar-refractivity contribution in [3.05, 3.63) is 57.1 Å². The van der Waals surface area contributed by atoms with Crippen molar-refractivity contribution in [3.8, 4) is 5.75 Å². The molecule has 0 heterocycles. The van der Waals surface area contributed by atoms with Crippen LogP contribution in [0.3, 0.4) is 0 Å². The maximum Gasteiger partial charge on any atom is 0.273 e. The minimum Gasteiger partial charge on any atom is -0.495 e. The van der Waals surface area contributed by atoms with Crippen molar-refractivity contribution >= 4 is 38.9 Å². The maximum absolute atomic E-state index is 13.5. The zero-order valence-corrected chi connectivity index (χ0v) is 17.9. The number of anilines is 1. The van der Waals surface area contributed by atoms with Crippen LogP contribution in [0.2, 0.25) is 5.02 Å². The Balaban J connectivity index is 2.11. The molecule has 0 saturated heterocycles. The molecule has 1 amide bonds. The molecule has 11 heteroatoms. The monoisotopic (exact) mass is 453 g/mol. The molecule has 0 radical (unpaired) electrons. The van der Waals surface area contributed by atoms with E-state index in [9.17, 15) is 23.3 Å². The second kappa shape index (κ2) is 8.49. The van der Waals surface area contributed by atoms with E-state index in [1.54, 1.807) is 0 Å². The number of carbonyl (C=O) groups is 1. The molecule has 160 valence electrons. The van der Waals surface area contributed by atoms with Gasteiger partial charge in [-0.25, -0.2) is 8.42 Å². The molecule has 0 bridgehead atoms. The first-order valence-electron chi connectivity index (χ1n) is 9.04. The van der Waals surface area contributed by atoms with Crippen molar-refractivity contribution in [2.75, 3.05) is 18.0 Å². The summed E-state index contributed by atoms with van der Waals surface area (Å²) < 4.78 is 33.0. The summed E-state index contributed by atoms with van der Waals surface area (Å²) in [5.74, 6) is -0.312. The highest BCUT2D eigenvalue weighted by Crippen LogP contribution is 2.35. The molecule has 9 nitrogen and oxygen atoms in total. The van der Waals surface area contributed by atoms with Gasteiger partial charge in [0.25, 0.3) is 15.7 Å². The Morgan fingerprint density at radius 3 is 2.60 bits per heavy atom. The minimum absolute atomic E-state index is 0.0313. The van der Waals surface area contributed by atoms with Crippen molar-refractivity contribution in [2.45, 2.75) is 30.7 Å². The molecule has 2 aromatic carbocycles. The molecule has 1 fully saturated rings. The van der Waals surface area contributed by atoms with Gasteiger partial charge in [-0.3, -0.25) is 19.2 Å². The number of carbonyl (C=O) groups excluding carboxylic acids is 1. The van der Waals surface area contributed by atoms with Crippen LogP contribution >= 0.6 is 11.6 Å². The van der Waals surface area contributed by atoms with Crippen LogP contribution in [0.15, 0.2) is 41.3 Å². The van der Waals surface area contributed by atoms with Gasteiger partial charge >= 0.3 is 0 Å². The minimum atomic E-state index is -4.36. The largest absolute Gasteiger partial charge is 0.495 e. The van der Waals surface area contributed by atoms with Crippen LogP contribution in [0, 0.1) is 17.0 Å². The number of nitro groups is 1. The van der Waals surface area contributed by atoms with Gasteiger partial charge in [0.2, 0.25) is 5.91 Å². The smallest absolute Gasteiger partial charge is 0.273 e. The molecule has 30 heavy (non-hydrogen) atoms. The normalized spacial score (nSPS) is 13.6. The summed E-state index contributed by atoms with van der Waals surface area (Å²) in [5, 5.41) is 14.3. The number of sulfonamides is 1. The first kappa shape index (κ1) is 21.8. The highest BCUT2D eigenvalue weighted by atomic mass is 35.5. The van der Waals surface area contributed by atoms with E-state index in [0.29, 0.717) is 5.56 Å². The highest BCUT2D eigenvalue weighted by Gasteiger charge is 2.33. The van der Waals surface area contributed by atoms with E-state index in [0.717, 1.165) is 23.2 Å². The van der Waals surface area contributed by atoms with Crippen LogP contribution in [0.1, 0.15) is 18.4 Å². The summed E-state index contributed by atoms with van der Waals surface area (Å²) in [6.07, 6.45) is 1.67. The van der Waals surface area contributed by atoms with Gasteiger partial charge in [-0.2, -0.15) is 0 Å². The van der Waals surface area contributed by atoms with Crippen molar-refractivity contribution in [1.29, 1.82) is 0 Å². The number of benzene rings is 2. The van der Waals surface area contributed by atoms with Crippen LogP contribution in [0.4, 0.5) is 11.4 Å². The third-order valence-corrected chi connectivity index (χ3v) is 6.60. The fraction of sp³-hybridized carbons (Fsp3) is 0.316. The molecular formula is C19H20ClN3O6S. The number of hydrogen-bond acceptors (Lipinski definition) is 6. The fourth-order valence-corrected chi connectivity index (χ4v) is 4.47. The molecule has 0 atom stereocenters. The SMILES string of the molecule is COc1ccc(Cl)cc1N(CC(=O)NC1CC1)S(=O)(=O)c1ccc(C)c([N+](=O)[O-])c1. The standard InChI is InChI=1S/C19H20ClN3O6S/c1-12-3-7-15(10-16(12)23(25)26)30(27,28)22(11-19(24)21-14-5-6-14)17-9-13(20)4-8-18(17)29-2/h3-4,7-10,14H,5-6,11H2,1-2H3,(H,21,24). The summed E-state index contributed by atoms with van der Waals surface area (Å²) in [6.45, 7) is 0.979. The fourth-order valence-electron chi connectivity index (χ4n) is 2.86. The van der Waals surface area contributed by atoms with E-state index in [1.165, 1.54) is 44.4 Å². The van der Waals surface area contributed by atoms with Crippen LogP contribution in [0.25, 0.3) is 0 Å². The van der Waals surface area contributed by atoms with Crippen molar-refractivity contribution < 1.29 is 22.9 Å².